The van der Waals surface area contributed by atoms with E-state index in [1.54, 1.807) is 31.2 Å². The molecule has 4 rings (SSSR count). The molecule has 11 heteroatoms. The summed E-state index contributed by atoms with van der Waals surface area (Å²) < 4.78 is 60.8. The predicted octanol–water partition coefficient (Wildman–Crippen LogP) is 2.92. The van der Waals surface area contributed by atoms with E-state index in [0.29, 0.717) is 23.5 Å². The highest BCUT2D eigenvalue weighted by Crippen LogP contribution is 2.33. The quantitative estimate of drug-likeness (QED) is 0.370. The predicted molar refractivity (Wildman–Crippen MR) is 145 cm³/mol. The highest BCUT2D eigenvalue weighted by molar-refractivity contribution is 7.92. The smallest absolute Gasteiger partial charge is 0.264 e. The van der Waals surface area contributed by atoms with Crippen LogP contribution in [0.4, 0.5) is 5.69 Å². The number of anilines is 1. The molecule has 0 saturated carbocycles. The van der Waals surface area contributed by atoms with Gasteiger partial charge < -0.3 is 10.1 Å². The third-order valence-electron chi connectivity index (χ3n) is 6.23. The normalized spacial score (nSPS) is 13.6. The van der Waals surface area contributed by atoms with E-state index in [2.05, 4.69) is 10.0 Å². The molecule has 202 valence electrons. The summed E-state index contributed by atoms with van der Waals surface area (Å²) in [4.78, 5) is 12.5. The number of ether oxygens (including phenoxy) is 1. The lowest BCUT2D eigenvalue weighted by Crippen LogP contribution is -2.36. The molecule has 1 aliphatic rings. The lowest BCUT2D eigenvalue weighted by atomic mass is 10.0. The van der Waals surface area contributed by atoms with Gasteiger partial charge in [0.05, 0.1) is 15.5 Å². The van der Waals surface area contributed by atoms with Gasteiger partial charge in [-0.2, -0.15) is 0 Å². The molecule has 0 atom stereocenters. The van der Waals surface area contributed by atoms with Crippen molar-refractivity contribution in [2.45, 2.75) is 36.5 Å². The van der Waals surface area contributed by atoms with Crippen molar-refractivity contribution in [1.29, 1.82) is 0 Å². The van der Waals surface area contributed by atoms with Crippen LogP contribution in [0.5, 0.6) is 5.75 Å². The van der Waals surface area contributed by atoms with Gasteiger partial charge in [0.15, 0.2) is 6.61 Å². The van der Waals surface area contributed by atoms with E-state index in [1.165, 1.54) is 22.5 Å². The van der Waals surface area contributed by atoms with Crippen molar-refractivity contribution in [1.82, 2.24) is 10.0 Å². The summed E-state index contributed by atoms with van der Waals surface area (Å²) in [5.41, 5.74) is 3.24. The maximum Gasteiger partial charge on any atom is 0.264 e. The Morgan fingerprint density at radius 3 is 2.37 bits per heavy atom. The first-order valence-electron chi connectivity index (χ1n) is 12.2. The Hall–Kier alpha value is -3.41. The molecule has 0 unspecified atom stereocenters. The molecule has 3 aromatic rings. The topological polar surface area (TPSA) is 122 Å². The van der Waals surface area contributed by atoms with Crippen LogP contribution in [0.15, 0.2) is 76.5 Å². The molecule has 1 amide bonds. The molecule has 0 bridgehead atoms. The fourth-order valence-electron chi connectivity index (χ4n) is 4.20. The third kappa shape index (κ3) is 6.35. The van der Waals surface area contributed by atoms with Crippen LogP contribution in [0.1, 0.15) is 23.1 Å². The van der Waals surface area contributed by atoms with Gasteiger partial charge in [0.25, 0.3) is 15.9 Å². The maximum absolute atomic E-state index is 13.4. The van der Waals surface area contributed by atoms with Crippen molar-refractivity contribution in [3.05, 3.63) is 83.4 Å². The molecule has 0 aliphatic carbocycles. The second-order valence-corrected chi connectivity index (χ2v) is 12.7. The van der Waals surface area contributed by atoms with Crippen LogP contribution in [-0.4, -0.2) is 49.0 Å². The van der Waals surface area contributed by atoms with Crippen LogP contribution in [0.3, 0.4) is 0 Å². The van der Waals surface area contributed by atoms with Crippen molar-refractivity contribution in [2.75, 3.05) is 30.5 Å². The number of hydrogen-bond acceptors (Lipinski definition) is 6. The zero-order valence-corrected chi connectivity index (χ0v) is 22.9. The first-order valence-corrected chi connectivity index (χ1v) is 15.2. The second kappa shape index (κ2) is 11.5. The maximum atomic E-state index is 13.4. The number of sulfonamides is 2. The summed E-state index contributed by atoms with van der Waals surface area (Å²) in [7, 11) is -7.41. The van der Waals surface area contributed by atoms with Gasteiger partial charge in [-0.3, -0.25) is 9.10 Å². The Kier molecular flexibility index (Phi) is 8.39. The first-order chi connectivity index (χ1) is 18.1. The molecular formula is C27H31N3O6S2. The number of fused-ring (bicyclic) bond motifs is 1. The number of carbonyl (C=O) groups excluding carboxylic acids is 1. The SMILES string of the molecule is Cc1ccc(S(=O)(=O)NCCNC(=O)COc2ccc(S(=O)(=O)N3CCCc4ccccc43)cc2C)cc1. The lowest BCUT2D eigenvalue weighted by Gasteiger charge is -2.30. The summed E-state index contributed by atoms with van der Waals surface area (Å²) >= 11 is 0. The van der Waals surface area contributed by atoms with Crippen LogP contribution < -0.4 is 19.1 Å². The summed E-state index contributed by atoms with van der Waals surface area (Å²) in [6.45, 7) is 3.81. The van der Waals surface area contributed by atoms with E-state index >= 15 is 0 Å². The van der Waals surface area contributed by atoms with Gasteiger partial charge in [0.1, 0.15) is 5.75 Å². The van der Waals surface area contributed by atoms with E-state index in [9.17, 15) is 21.6 Å². The minimum Gasteiger partial charge on any atom is -0.484 e. The molecule has 0 fully saturated rings. The van der Waals surface area contributed by atoms with Crippen LogP contribution in [-0.2, 0) is 31.3 Å². The molecule has 0 spiro atoms. The standard InChI is InChI=1S/C27H31N3O6S2/c1-20-9-11-23(12-10-20)37(32,33)29-16-15-28-27(31)19-36-26-14-13-24(18-21(26)2)38(34,35)30-17-5-7-22-6-3-4-8-25(22)30/h3-4,6,8-14,18,29H,5,7,15-17,19H2,1-2H3,(H,28,31). The number of carbonyl (C=O) groups is 1. The molecule has 1 heterocycles. The van der Waals surface area contributed by atoms with Gasteiger partial charge in [-0.05, 0) is 74.2 Å². The van der Waals surface area contributed by atoms with Crippen molar-refractivity contribution in [2.24, 2.45) is 0 Å². The van der Waals surface area contributed by atoms with Gasteiger partial charge >= 0.3 is 0 Å². The highest BCUT2D eigenvalue weighted by Gasteiger charge is 2.29. The van der Waals surface area contributed by atoms with Crippen molar-refractivity contribution in [3.8, 4) is 5.75 Å². The van der Waals surface area contributed by atoms with Crippen molar-refractivity contribution < 1.29 is 26.4 Å². The highest BCUT2D eigenvalue weighted by atomic mass is 32.2. The average molecular weight is 558 g/mol. The summed E-state index contributed by atoms with van der Waals surface area (Å²) in [6, 6.07) is 18.5. The molecule has 9 nitrogen and oxygen atoms in total. The molecule has 38 heavy (non-hydrogen) atoms. The average Bonchev–Trinajstić information content (AvgIpc) is 2.90. The largest absolute Gasteiger partial charge is 0.484 e. The number of rotatable bonds is 10. The molecular weight excluding hydrogens is 526 g/mol. The fourth-order valence-corrected chi connectivity index (χ4v) is 6.86. The minimum atomic E-state index is -3.75. The third-order valence-corrected chi connectivity index (χ3v) is 9.52. The number of hydrogen-bond donors (Lipinski definition) is 2. The van der Waals surface area contributed by atoms with Crippen molar-refractivity contribution in [3.63, 3.8) is 0 Å². The van der Waals surface area contributed by atoms with E-state index in [-0.39, 0.29) is 29.5 Å². The molecule has 2 N–H and O–H groups in total. The number of nitrogens with one attached hydrogen (secondary N) is 2. The molecule has 0 radical (unpaired) electrons. The van der Waals surface area contributed by atoms with Gasteiger partial charge in [-0.25, -0.2) is 21.6 Å². The Morgan fingerprint density at radius 1 is 0.921 bits per heavy atom. The first kappa shape index (κ1) is 27.6. The van der Waals surface area contributed by atoms with Crippen LogP contribution in [0.2, 0.25) is 0 Å². The zero-order chi connectivity index (χ0) is 27.3. The summed E-state index contributed by atoms with van der Waals surface area (Å²) in [5, 5.41) is 2.60. The van der Waals surface area contributed by atoms with Gasteiger partial charge in [0, 0.05) is 19.6 Å². The van der Waals surface area contributed by atoms with Crippen LogP contribution in [0, 0.1) is 13.8 Å². The number of aryl methyl sites for hydroxylation is 3. The van der Waals surface area contributed by atoms with Crippen molar-refractivity contribution >= 4 is 31.6 Å². The number of benzene rings is 3. The second-order valence-electron chi connectivity index (χ2n) is 9.09. The summed E-state index contributed by atoms with van der Waals surface area (Å²) in [5.74, 6) is -0.0428. The van der Waals surface area contributed by atoms with Crippen LogP contribution in [0.25, 0.3) is 0 Å². The monoisotopic (exact) mass is 557 g/mol. The molecule has 1 aliphatic heterocycles. The number of amides is 1. The number of para-hydroxylation sites is 1. The Labute approximate surface area is 223 Å². The Morgan fingerprint density at radius 2 is 1.63 bits per heavy atom. The Balaban J connectivity index is 1.30. The van der Waals surface area contributed by atoms with E-state index < -0.39 is 26.0 Å². The zero-order valence-electron chi connectivity index (χ0n) is 21.3. The van der Waals surface area contributed by atoms with Crippen LogP contribution >= 0.6 is 0 Å². The fraction of sp³-hybridized carbons (Fsp3) is 0.296. The van der Waals surface area contributed by atoms with E-state index in [1.807, 2.05) is 31.2 Å². The summed E-state index contributed by atoms with van der Waals surface area (Å²) in [6.07, 6.45) is 1.59. The lowest BCUT2D eigenvalue weighted by molar-refractivity contribution is -0.123. The molecule has 0 aromatic heterocycles. The number of nitrogens with zero attached hydrogens (tertiary/aromatic N) is 1. The minimum absolute atomic E-state index is 0.0210. The molecule has 3 aromatic carbocycles. The Bertz CT molecular complexity index is 1520. The van der Waals surface area contributed by atoms with Gasteiger partial charge in [-0.1, -0.05) is 35.9 Å². The van der Waals surface area contributed by atoms with E-state index in [4.69, 9.17) is 4.74 Å². The van der Waals surface area contributed by atoms with Gasteiger partial charge in [-0.15, -0.1) is 0 Å². The van der Waals surface area contributed by atoms with E-state index in [0.717, 1.165) is 24.0 Å². The van der Waals surface area contributed by atoms with Gasteiger partial charge in [0.2, 0.25) is 10.0 Å². The molecule has 0 saturated heterocycles.